The molecule has 0 spiro atoms. The van der Waals surface area contributed by atoms with Crippen molar-refractivity contribution in [2.24, 2.45) is 11.8 Å². The van der Waals surface area contributed by atoms with Gasteiger partial charge in [-0.3, -0.25) is 16.3 Å². The standard InChI is InChI=1S/C15H23N3O/c1-19-15(11-7-8-11)14(18-16)12-6-2-4-10-5-3-9-17-13(10)12/h3,5,9,11-12,14-15,18H,2,4,6-8,16H2,1H3. The fourth-order valence-corrected chi connectivity index (χ4v) is 3.49. The third kappa shape index (κ3) is 2.53. The van der Waals surface area contributed by atoms with Gasteiger partial charge in [-0.2, -0.15) is 0 Å². The summed E-state index contributed by atoms with van der Waals surface area (Å²) in [6.07, 6.45) is 8.12. The van der Waals surface area contributed by atoms with E-state index in [9.17, 15) is 0 Å². The highest BCUT2D eigenvalue weighted by Gasteiger charge is 2.41. The highest BCUT2D eigenvalue weighted by atomic mass is 16.5. The van der Waals surface area contributed by atoms with Crippen LogP contribution in [0.3, 0.4) is 0 Å². The van der Waals surface area contributed by atoms with E-state index in [0.29, 0.717) is 11.8 Å². The number of nitrogens with two attached hydrogens (primary N) is 1. The smallest absolute Gasteiger partial charge is 0.0772 e. The molecule has 104 valence electrons. The van der Waals surface area contributed by atoms with Crippen molar-refractivity contribution in [2.75, 3.05) is 7.11 Å². The van der Waals surface area contributed by atoms with E-state index >= 15 is 0 Å². The second kappa shape index (κ2) is 5.57. The number of nitrogens with zero attached hydrogens (tertiary/aromatic N) is 1. The van der Waals surface area contributed by atoms with Gasteiger partial charge in [0.15, 0.2) is 0 Å². The molecule has 3 N–H and O–H groups in total. The molecule has 3 atom stereocenters. The molecule has 2 aliphatic rings. The van der Waals surface area contributed by atoms with E-state index in [1.54, 1.807) is 7.11 Å². The van der Waals surface area contributed by atoms with Crippen LogP contribution in [0.5, 0.6) is 0 Å². The van der Waals surface area contributed by atoms with Crippen LogP contribution >= 0.6 is 0 Å². The van der Waals surface area contributed by atoms with Gasteiger partial charge in [-0.1, -0.05) is 6.07 Å². The quantitative estimate of drug-likeness (QED) is 0.626. The van der Waals surface area contributed by atoms with Gasteiger partial charge in [0.05, 0.1) is 12.1 Å². The predicted molar refractivity (Wildman–Crippen MR) is 74.5 cm³/mol. The highest BCUT2D eigenvalue weighted by molar-refractivity contribution is 5.28. The zero-order chi connectivity index (χ0) is 13.2. The van der Waals surface area contributed by atoms with E-state index in [-0.39, 0.29) is 12.1 Å². The fraction of sp³-hybridized carbons (Fsp3) is 0.667. The van der Waals surface area contributed by atoms with Gasteiger partial charge in [0.25, 0.3) is 0 Å². The molecule has 1 heterocycles. The number of pyridine rings is 1. The molecule has 4 heteroatoms. The van der Waals surface area contributed by atoms with Crippen LogP contribution in [0.4, 0.5) is 0 Å². The van der Waals surface area contributed by atoms with E-state index in [1.807, 2.05) is 12.3 Å². The van der Waals surface area contributed by atoms with Gasteiger partial charge < -0.3 is 4.74 Å². The first kappa shape index (κ1) is 13.0. The Morgan fingerprint density at radius 1 is 1.42 bits per heavy atom. The number of ether oxygens (including phenoxy) is 1. The van der Waals surface area contributed by atoms with E-state index in [0.717, 1.165) is 12.8 Å². The third-order valence-electron chi connectivity index (χ3n) is 4.58. The lowest BCUT2D eigenvalue weighted by atomic mass is 9.79. The summed E-state index contributed by atoms with van der Waals surface area (Å²) >= 11 is 0. The van der Waals surface area contributed by atoms with Crippen LogP contribution in [-0.2, 0) is 11.2 Å². The van der Waals surface area contributed by atoms with Crippen molar-refractivity contribution in [1.82, 2.24) is 10.4 Å². The van der Waals surface area contributed by atoms with Crippen molar-refractivity contribution >= 4 is 0 Å². The molecule has 0 bridgehead atoms. The number of rotatable bonds is 5. The SMILES string of the molecule is COC(C1CC1)C(NN)C1CCCc2cccnc21. The second-order valence-corrected chi connectivity index (χ2v) is 5.78. The molecule has 2 aliphatic carbocycles. The molecule has 19 heavy (non-hydrogen) atoms. The second-order valence-electron chi connectivity index (χ2n) is 5.78. The molecule has 0 aliphatic heterocycles. The van der Waals surface area contributed by atoms with Crippen molar-refractivity contribution in [3.63, 3.8) is 0 Å². The van der Waals surface area contributed by atoms with E-state index in [4.69, 9.17) is 10.6 Å². The van der Waals surface area contributed by atoms with Gasteiger partial charge >= 0.3 is 0 Å². The maximum Gasteiger partial charge on any atom is 0.0772 e. The lowest BCUT2D eigenvalue weighted by Gasteiger charge is -2.35. The molecule has 1 fully saturated rings. The molecule has 1 aromatic rings. The number of aryl methyl sites for hydroxylation is 1. The summed E-state index contributed by atoms with van der Waals surface area (Å²) in [6, 6.07) is 4.40. The van der Waals surface area contributed by atoms with Crippen molar-refractivity contribution in [3.05, 3.63) is 29.6 Å². The van der Waals surface area contributed by atoms with Crippen LogP contribution in [0.2, 0.25) is 0 Å². The number of nitrogens with one attached hydrogen (secondary N) is 1. The number of methoxy groups -OCH3 is 1. The van der Waals surface area contributed by atoms with E-state index < -0.39 is 0 Å². The zero-order valence-electron chi connectivity index (χ0n) is 11.5. The average Bonchev–Trinajstić information content (AvgIpc) is 3.29. The van der Waals surface area contributed by atoms with Crippen LogP contribution in [0.15, 0.2) is 18.3 Å². The Labute approximate surface area is 114 Å². The average molecular weight is 261 g/mol. The number of hydrazine groups is 1. The maximum atomic E-state index is 5.85. The summed E-state index contributed by atoms with van der Waals surface area (Å²) in [5.41, 5.74) is 5.62. The van der Waals surface area contributed by atoms with Crippen LogP contribution in [0.1, 0.15) is 42.9 Å². The van der Waals surface area contributed by atoms with Crippen molar-refractivity contribution in [2.45, 2.75) is 50.2 Å². The predicted octanol–water partition coefficient (Wildman–Crippen LogP) is 1.76. The first-order chi connectivity index (χ1) is 9.35. The fourth-order valence-electron chi connectivity index (χ4n) is 3.49. The topological polar surface area (TPSA) is 60.2 Å². The highest BCUT2D eigenvalue weighted by Crippen LogP contribution is 2.41. The summed E-state index contributed by atoms with van der Waals surface area (Å²) < 4.78 is 5.73. The summed E-state index contributed by atoms with van der Waals surface area (Å²) in [7, 11) is 1.80. The Balaban J connectivity index is 1.87. The number of aromatic nitrogens is 1. The number of fused-ring (bicyclic) bond motifs is 1. The first-order valence-corrected chi connectivity index (χ1v) is 7.28. The van der Waals surface area contributed by atoms with Gasteiger partial charge in [0.2, 0.25) is 0 Å². The molecule has 3 rings (SSSR count). The monoisotopic (exact) mass is 261 g/mol. The van der Waals surface area contributed by atoms with Gasteiger partial charge in [-0.05, 0) is 49.7 Å². The van der Waals surface area contributed by atoms with Gasteiger partial charge in [-0.15, -0.1) is 0 Å². The van der Waals surface area contributed by atoms with Crippen molar-refractivity contribution < 1.29 is 4.74 Å². The molecule has 0 aromatic carbocycles. The summed E-state index contributed by atoms with van der Waals surface area (Å²) in [6.45, 7) is 0. The van der Waals surface area contributed by atoms with Crippen molar-refractivity contribution in [1.29, 1.82) is 0 Å². The summed E-state index contributed by atoms with van der Waals surface area (Å²) in [5, 5.41) is 0. The molecule has 3 unspecified atom stereocenters. The van der Waals surface area contributed by atoms with Crippen LogP contribution in [0, 0.1) is 5.92 Å². The molecule has 0 saturated heterocycles. The van der Waals surface area contributed by atoms with Gasteiger partial charge in [0, 0.05) is 24.9 Å². The minimum absolute atomic E-state index is 0.173. The Morgan fingerprint density at radius 2 is 2.26 bits per heavy atom. The van der Waals surface area contributed by atoms with Gasteiger partial charge in [-0.25, -0.2) is 0 Å². The lowest BCUT2D eigenvalue weighted by Crippen LogP contribution is -2.50. The van der Waals surface area contributed by atoms with Crippen LogP contribution in [0.25, 0.3) is 0 Å². The lowest BCUT2D eigenvalue weighted by molar-refractivity contribution is 0.0395. The Morgan fingerprint density at radius 3 is 2.95 bits per heavy atom. The normalized spacial score (nSPS) is 25.7. The minimum atomic E-state index is 0.173. The Bertz CT molecular complexity index is 433. The molecular weight excluding hydrogens is 238 g/mol. The van der Waals surface area contributed by atoms with E-state index in [2.05, 4.69) is 16.5 Å². The minimum Gasteiger partial charge on any atom is -0.379 e. The Hall–Kier alpha value is -0.970. The number of hydrogen-bond acceptors (Lipinski definition) is 4. The van der Waals surface area contributed by atoms with Crippen molar-refractivity contribution in [3.8, 4) is 0 Å². The number of hydrogen-bond donors (Lipinski definition) is 2. The molecular formula is C15H23N3O. The molecule has 4 nitrogen and oxygen atoms in total. The maximum absolute atomic E-state index is 5.85. The van der Waals surface area contributed by atoms with Crippen LogP contribution < -0.4 is 11.3 Å². The summed E-state index contributed by atoms with van der Waals surface area (Å²) in [5.74, 6) is 6.89. The molecule has 0 radical (unpaired) electrons. The molecule has 1 saturated carbocycles. The Kier molecular flexibility index (Phi) is 3.82. The third-order valence-corrected chi connectivity index (χ3v) is 4.58. The van der Waals surface area contributed by atoms with Crippen LogP contribution in [-0.4, -0.2) is 24.2 Å². The molecule has 0 amide bonds. The largest absolute Gasteiger partial charge is 0.379 e. The van der Waals surface area contributed by atoms with Gasteiger partial charge in [0.1, 0.15) is 0 Å². The molecule has 1 aromatic heterocycles. The van der Waals surface area contributed by atoms with E-state index in [1.165, 1.54) is 30.5 Å². The zero-order valence-corrected chi connectivity index (χ0v) is 11.5. The first-order valence-electron chi connectivity index (χ1n) is 7.28. The summed E-state index contributed by atoms with van der Waals surface area (Å²) in [4.78, 5) is 4.61.